The first kappa shape index (κ1) is 14.9. The molecule has 2 heterocycles. The molecule has 17 heavy (non-hydrogen) atoms. The fourth-order valence-corrected chi connectivity index (χ4v) is 2.29. The number of likely N-dealkylation sites (tertiary alicyclic amines) is 1. The molecule has 0 spiro atoms. The molecule has 0 saturated carbocycles. The average Bonchev–Trinajstić information content (AvgIpc) is 2.76. The van der Waals surface area contributed by atoms with Crippen LogP contribution in [0, 0.1) is 0 Å². The first-order chi connectivity index (χ1) is 7.89. The number of hydrogen-bond acceptors (Lipinski definition) is 3. The van der Waals surface area contributed by atoms with Crippen molar-refractivity contribution in [2.24, 2.45) is 0 Å². The molecule has 0 aliphatic carbocycles. The summed E-state index contributed by atoms with van der Waals surface area (Å²) >= 11 is 0. The van der Waals surface area contributed by atoms with E-state index in [0.717, 1.165) is 0 Å². The summed E-state index contributed by atoms with van der Waals surface area (Å²) in [7, 11) is 4.35. The second-order valence-electron chi connectivity index (χ2n) is 6.47. The van der Waals surface area contributed by atoms with E-state index in [1.165, 1.54) is 52.1 Å². The summed E-state index contributed by atoms with van der Waals surface area (Å²) in [5.41, 5.74) is 0.413. The van der Waals surface area contributed by atoms with Crippen LogP contribution in [0.2, 0.25) is 0 Å². The molecule has 0 bridgehead atoms. The summed E-state index contributed by atoms with van der Waals surface area (Å²) in [5, 5.41) is 0. The van der Waals surface area contributed by atoms with E-state index in [-0.39, 0.29) is 0 Å². The Morgan fingerprint density at radius 3 is 1.24 bits per heavy atom. The van der Waals surface area contributed by atoms with Gasteiger partial charge in [-0.15, -0.1) is 0 Å². The van der Waals surface area contributed by atoms with Crippen LogP contribution in [0.25, 0.3) is 0 Å². The first-order valence-electron chi connectivity index (χ1n) is 7.02. The van der Waals surface area contributed by atoms with Crippen molar-refractivity contribution in [3.8, 4) is 0 Å². The largest absolute Gasteiger partial charge is 0.304 e. The zero-order valence-electron chi connectivity index (χ0n) is 12.5. The minimum absolute atomic E-state index is 0.413. The Balaban J connectivity index is 0.000000171. The zero-order chi connectivity index (χ0) is 12.9. The summed E-state index contributed by atoms with van der Waals surface area (Å²) in [4.78, 5) is 7.27. The molecule has 0 aromatic carbocycles. The van der Waals surface area contributed by atoms with Crippen LogP contribution in [0.4, 0.5) is 0 Å². The molecule has 3 nitrogen and oxygen atoms in total. The van der Waals surface area contributed by atoms with Gasteiger partial charge in [-0.05, 0) is 60.8 Å². The summed E-state index contributed by atoms with van der Waals surface area (Å²) in [6.07, 6.45) is 2.80. The predicted molar refractivity (Wildman–Crippen MR) is 75.6 cm³/mol. The highest BCUT2D eigenvalue weighted by Gasteiger charge is 2.23. The lowest BCUT2D eigenvalue weighted by molar-refractivity contribution is 0.175. The quantitative estimate of drug-likeness (QED) is 0.640. The fourth-order valence-electron chi connectivity index (χ4n) is 2.29. The van der Waals surface area contributed by atoms with Gasteiger partial charge in [0, 0.05) is 31.7 Å². The van der Waals surface area contributed by atoms with Gasteiger partial charge in [-0.3, -0.25) is 4.90 Å². The molecule has 0 atom stereocenters. The van der Waals surface area contributed by atoms with Crippen molar-refractivity contribution in [1.29, 1.82) is 0 Å². The lowest BCUT2D eigenvalue weighted by atomic mass is 10.1. The van der Waals surface area contributed by atoms with Crippen LogP contribution in [-0.2, 0) is 0 Å². The van der Waals surface area contributed by atoms with Gasteiger partial charge < -0.3 is 9.80 Å². The molecular formula is C14H31N3. The third-order valence-electron chi connectivity index (χ3n) is 3.78. The van der Waals surface area contributed by atoms with Gasteiger partial charge >= 0.3 is 0 Å². The maximum Gasteiger partial charge on any atom is 0.0125 e. The third-order valence-corrected chi connectivity index (χ3v) is 3.78. The van der Waals surface area contributed by atoms with E-state index < -0.39 is 0 Å². The monoisotopic (exact) mass is 241 g/mol. The van der Waals surface area contributed by atoms with E-state index in [2.05, 4.69) is 49.6 Å². The van der Waals surface area contributed by atoms with E-state index >= 15 is 0 Å². The molecule has 102 valence electrons. The van der Waals surface area contributed by atoms with Gasteiger partial charge in [0.05, 0.1) is 0 Å². The topological polar surface area (TPSA) is 9.72 Å². The van der Waals surface area contributed by atoms with Gasteiger partial charge in [0.1, 0.15) is 0 Å². The first-order valence-corrected chi connectivity index (χ1v) is 7.02. The van der Waals surface area contributed by atoms with Crippen LogP contribution < -0.4 is 0 Å². The molecular weight excluding hydrogens is 210 g/mol. The van der Waals surface area contributed by atoms with Crippen LogP contribution in [0.15, 0.2) is 0 Å². The van der Waals surface area contributed by atoms with Gasteiger partial charge in [0.25, 0.3) is 0 Å². The van der Waals surface area contributed by atoms with Crippen LogP contribution in [0.3, 0.4) is 0 Å². The molecule has 2 rings (SSSR count). The molecule has 0 radical (unpaired) electrons. The minimum Gasteiger partial charge on any atom is -0.304 e. The molecule has 2 fully saturated rings. The normalized spacial score (nSPS) is 24.5. The van der Waals surface area contributed by atoms with E-state index in [9.17, 15) is 0 Å². The van der Waals surface area contributed by atoms with Crippen LogP contribution in [0.5, 0.6) is 0 Å². The maximum absolute atomic E-state index is 2.55. The molecule has 0 amide bonds. The Labute approximate surface area is 108 Å². The molecule has 2 aliphatic heterocycles. The molecule has 3 heteroatoms. The zero-order valence-corrected chi connectivity index (χ0v) is 12.5. The summed E-state index contributed by atoms with van der Waals surface area (Å²) in [5.74, 6) is 0. The van der Waals surface area contributed by atoms with Gasteiger partial charge in [0.15, 0.2) is 0 Å². The van der Waals surface area contributed by atoms with Gasteiger partial charge in [-0.2, -0.15) is 0 Å². The van der Waals surface area contributed by atoms with E-state index in [1.807, 2.05) is 0 Å². The van der Waals surface area contributed by atoms with Crippen molar-refractivity contribution in [1.82, 2.24) is 14.7 Å². The lowest BCUT2D eigenvalue weighted by Gasteiger charge is -2.31. The Kier molecular flexibility index (Phi) is 5.90. The Morgan fingerprint density at radius 2 is 1.00 bits per heavy atom. The molecule has 0 unspecified atom stereocenters. The molecule has 0 N–H and O–H groups in total. The highest BCUT2D eigenvalue weighted by Crippen LogP contribution is 2.19. The second-order valence-corrected chi connectivity index (χ2v) is 6.47. The second kappa shape index (κ2) is 6.72. The van der Waals surface area contributed by atoms with E-state index in [1.54, 1.807) is 0 Å². The van der Waals surface area contributed by atoms with Crippen LogP contribution in [0.1, 0.15) is 33.6 Å². The lowest BCUT2D eigenvalue weighted by Crippen LogP contribution is -2.42. The predicted octanol–water partition coefficient (Wildman–Crippen LogP) is 1.74. The molecule has 2 aliphatic rings. The Bertz CT molecular complexity index is 186. The summed E-state index contributed by atoms with van der Waals surface area (Å²) < 4.78 is 0. The van der Waals surface area contributed by atoms with Crippen molar-refractivity contribution >= 4 is 0 Å². The SMILES string of the molecule is CC(C)(C)N1CCCC1.CN1CCN(C)CC1. The number of hydrogen-bond donors (Lipinski definition) is 0. The van der Waals surface area contributed by atoms with Crippen molar-refractivity contribution in [3.63, 3.8) is 0 Å². The molecule has 0 aromatic rings. The smallest absolute Gasteiger partial charge is 0.0125 e. The number of likely N-dealkylation sites (N-methyl/N-ethyl adjacent to an activating group) is 2. The van der Waals surface area contributed by atoms with E-state index in [0.29, 0.717) is 5.54 Å². The molecule has 2 saturated heterocycles. The van der Waals surface area contributed by atoms with Crippen molar-refractivity contribution < 1.29 is 0 Å². The van der Waals surface area contributed by atoms with E-state index in [4.69, 9.17) is 0 Å². The van der Waals surface area contributed by atoms with Crippen LogP contribution >= 0.6 is 0 Å². The van der Waals surface area contributed by atoms with Gasteiger partial charge in [-0.25, -0.2) is 0 Å². The highest BCUT2D eigenvalue weighted by molar-refractivity contribution is 4.79. The highest BCUT2D eigenvalue weighted by atomic mass is 15.2. The minimum atomic E-state index is 0.413. The number of rotatable bonds is 0. The number of nitrogens with zero attached hydrogens (tertiary/aromatic N) is 3. The third kappa shape index (κ3) is 5.84. The number of piperazine rings is 1. The van der Waals surface area contributed by atoms with Crippen molar-refractivity contribution in [2.45, 2.75) is 39.2 Å². The van der Waals surface area contributed by atoms with Gasteiger partial charge in [0.2, 0.25) is 0 Å². The van der Waals surface area contributed by atoms with Crippen LogP contribution in [-0.4, -0.2) is 73.6 Å². The average molecular weight is 241 g/mol. The van der Waals surface area contributed by atoms with Crippen molar-refractivity contribution in [2.75, 3.05) is 53.4 Å². The Hall–Kier alpha value is -0.120. The van der Waals surface area contributed by atoms with Gasteiger partial charge in [-0.1, -0.05) is 0 Å². The standard InChI is InChI=1S/C8H17N.C6H14N2/c1-8(2,3)9-6-4-5-7-9;1-7-3-5-8(2)6-4-7/h4-7H2,1-3H3;3-6H2,1-2H3. The fraction of sp³-hybridized carbons (Fsp3) is 1.00. The van der Waals surface area contributed by atoms with Crippen molar-refractivity contribution in [3.05, 3.63) is 0 Å². The summed E-state index contributed by atoms with van der Waals surface area (Å²) in [6, 6.07) is 0. The molecule has 0 aromatic heterocycles. The maximum atomic E-state index is 2.55. The summed E-state index contributed by atoms with van der Waals surface area (Å²) in [6.45, 7) is 14.4. The Morgan fingerprint density at radius 1 is 0.647 bits per heavy atom.